The van der Waals surface area contributed by atoms with Crippen LogP contribution in [0.15, 0.2) is 76.6 Å². The van der Waals surface area contributed by atoms with Gasteiger partial charge >= 0.3 is 10.8 Å². The number of ether oxygens (including phenoxy) is 1. The summed E-state index contributed by atoms with van der Waals surface area (Å²) in [5.74, 6) is -4.30. The summed E-state index contributed by atoms with van der Waals surface area (Å²) in [6, 6.07) is 20.1. The Labute approximate surface area is 235 Å². The number of anilines is 1. The van der Waals surface area contributed by atoms with E-state index in [2.05, 4.69) is 10.3 Å². The van der Waals surface area contributed by atoms with Crippen LogP contribution in [-0.4, -0.2) is 57.1 Å². The van der Waals surface area contributed by atoms with Crippen molar-refractivity contribution in [1.29, 1.82) is 0 Å². The lowest BCUT2D eigenvalue weighted by molar-refractivity contribution is -0.149. The third-order valence-corrected chi connectivity index (χ3v) is 9.29. The highest BCUT2D eigenvalue weighted by Gasteiger charge is 2.56. The van der Waals surface area contributed by atoms with E-state index in [4.69, 9.17) is 4.74 Å². The fourth-order valence-corrected chi connectivity index (χ4v) is 7.76. The fourth-order valence-electron chi connectivity index (χ4n) is 5.23. The molecule has 2 unspecified atom stereocenters. The van der Waals surface area contributed by atoms with Crippen LogP contribution < -0.4 is 14.9 Å². The number of carboxylic acids is 1. The number of aromatic nitrogens is 1. The minimum Gasteiger partial charge on any atom is -0.483 e. The highest BCUT2D eigenvalue weighted by molar-refractivity contribution is 8.00. The third-order valence-electron chi connectivity index (χ3n) is 6.89. The van der Waals surface area contributed by atoms with Crippen LogP contribution in [0.1, 0.15) is 16.4 Å². The number of carbonyl (C=O) groups excluding carboxylic acids is 3. The Morgan fingerprint density at radius 2 is 1.73 bits per heavy atom. The number of hydrogen-bond donors (Lipinski definition) is 3. The molecule has 3 atom stereocenters. The topological polar surface area (TPSA) is 146 Å². The smallest absolute Gasteiger partial charge is 0.323 e. The molecule has 202 valence electrons. The second-order valence-electron chi connectivity index (χ2n) is 9.31. The van der Waals surface area contributed by atoms with Crippen molar-refractivity contribution in [1.82, 2.24) is 9.88 Å². The average molecular weight is 576 g/mol. The Morgan fingerprint density at radius 3 is 2.55 bits per heavy atom. The van der Waals surface area contributed by atoms with Crippen LogP contribution in [0.5, 0.6) is 5.75 Å². The Hall–Kier alpha value is -4.42. The number of likely N-dealkylation sites (tertiary alicyclic amines) is 1. The van der Waals surface area contributed by atoms with Gasteiger partial charge in [0.25, 0.3) is 5.91 Å². The number of aliphatic carboxylic acids is 1. The maximum Gasteiger partial charge on any atom is 0.323 e. The molecule has 3 heterocycles. The Morgan fingerprint density at radius 1 is 0.975 bits per heavy atom. The number of carbonyl (C=O) groups is 4. The summed E-state index contributed by atoms with van der Waals surface area (Å²) in [6.07, 6.45) is 0. The minimum atomic E-state index is -1.30. The first kappa shape index (κ1) is 25.8. The van der Waals surface area contributed by atoms with Gasteiger partial charge in [-0.3, -0.25) is 28.9 Å². The molecule has 2 aliphatic rings. The van der Waals surface area contributed by atoms with Crippen molar-refractivity contribution in [3.63, 3.8) is 0 Å². The largest absolute Gasteiger partial charge is 0.483 e. The number of para-hydroxylation sites is 1. The van der Waals surface area contributed by atoms with Crippen molar-refractivity contribution in [2.75, 3.05) is 18.5 Å². The molecule has 3 aromatic carbocycles. The van der Waals surface area contributed by atoms with Gasteiger partial charge in [-0.05, 0) is 17.5 Å². The number of nitrogens with zero attached hydrogens (tertiary/aromatic N) is 1. The number of carboxylic acid groups (broad SMARTS) is 1. The molecular formula is C28H21N3O7S2. The first-order valence-electron chi connectivity index (χ1n) is 12.3. The van der Waals surface area contributed by atoms with Crippen LogP contribution in [0.2, 0.25) is 0 Å². The molecule has 3 N–H and O–H groups in total. The lowest BCUT2D eigenvalue weighted by atomic mass is 9.82. The second-order valence-corrected chi connectivity index (χ2v) is 11.5. The molecule has 0 bridgehead atoms. The second kappa shape index (κ2) is 10.3. The maximum absolute atomic E-state index is 13.4. The van der Waals surface area contributed by atoms with Crippen molar-refractivity contribution in [2.24, 2.45) is 5.92 Å². The van der Waals surface area contributed by atoms with E-state index in [9.17, 15) is 29.1 Å². The van der Waals surface area contributed by atoms with Crippen molar-refractivity contribution >= 4 is 63.2 Å². The summed E-state index contributed by atoms with van der Waals surface area (Å²) in [5.41, 5.74) is 1.16. The summed E-state index contributed by atoms with van der Waals surface area (Å²) in [6.45, 7) is -1.07. The van der Waals surface area contributed by atoms with E-state index in [1.54, 1.807) is 30.3 Å². The van der Waals surface area contributed by atoms with Crippen molar-refractivity contribution in [3.05, 3.63) is 86.8 Å². The minimum absolute atomic E-state index is 0.315. The first-order chi connectivity index (χ1) is 19.3. The van der Waals surface area contributed by atoms with Crippen LogP contribution >= 0.6 is 23.1 Å². The predicted molar refractivity (Wildman–Crippen MR) is 149 cm³/mol. The number of thioether (sulfide) groups is 1. The molecule has 0 aliphatic carbocycles. The van der Waals surface area contributed by atoms with E-state index < -0.39 is 47.3 Å². The van der Waals surface area contributed by atoms with Gasteiger partial charge in [-0.2, -0.15) is 0 Å². The molecule has 12 heteroatoms. The van der Waals surface area contributed by atoms with E-state index >= 15 is 0 Å². The van der Waals surface area contributed by atoms with Gasteiger partial charge < -0.3 is 20.1 Å². The van der Waals surface area contributed by atoms with Crippen molar-refractivity contribution < 1.29 is 29.0 Å². The van der Waals surface area contributed by atoms with E-state index in [0.29, 0.717) is 26.9 Å². The van der Waals surface area contributed by atoms with Gasteiger partial charge in [0.05, 0.1) is 10.9 Å². The number of fused-ring (bicyclic) bond motifs is 3. The van der Waals surface area contributed by atoms with Gasteiger partial charge in [0.2, 0.25) is 11.8 Å². The summed E-state index contributed by atoms with van der Waals surface area (Å²) < 4.78 is 5.95. The van der Waals surface area contributed by atoms with Gasteiger partial charge in [-0.25, -0.2) is 0 Å². The predicted octanol–water partition coefficient (Wildman–Crippen LogP) is 3.28. The van der Waals surface area contributed by atoms with Crippen LogP contribution in [0.4, 0.5) is 5.69 Å². The molecule has 10 nitrogen and oxygen atoms in total. The molecule has 1 saturated heterocycles. The summed E-state index contributed by atoms with van der Waals surface area (Å²) in [7, 11) is 0. The monoisotopic (exact) mass is 575 g/mol. The third kappa shape index (κ3) is 4.54. The van der Waals surface area contributed by atoms with Crippen molar-refractivity contribution in [3.8, 4) is 5.75 Å². The quantitative estimate of drug-likeness (QED) is 0.285. The number of H-pyrrole nitrogens is 1. The van der Waals surface area contributed by atoms with E-state index in [0.717, 1.165) is 38.8 Å². The first-order valence-corrected chi connectivity index (χ1v) is 14.0. The van der Waals surface area contributed by atoms with Crippen LogP contribution in [0, 0.1) is 5.92 Å². The summed E-state index contributed by atoms with van der Waals surface area (Å²) >= 11 is 1.99. The molecule has 0 spiro atoms. The van der Waals surface area contributed by atoms with E-state index in [1.165, 1.54) is 0 Å². The molecule has 40 heavy (non-hydrogen) atoms. The van der Waals surface area contributed by atoms with Crippen LogP contribution in [0.25, 0.3) is 10.8 Å². The fraction of sp³-hybridized carbons (Fsp3) is 0.179. The number of amides is 3. The zero-order valence-corrected chi connectivity index (χ0v) is 22.3. The molecule has 6 rings (SSSR count). The SMILES string of the molecule is O=C(O)CN1C(=O)C2Sc3[nH]c(=O)sc3[C@H](c3ccccc3OCC(=O)Nc3cccc4ccccc34)C2C1=O. The number of benzene rings is 3. The van der Waals surface area contributed by atoms with Gasteiger partial charge in [0.15, 0.2) is 6.61 Å². The van der Waals surface area contributed by atoms with E-state index in [-0.39, 0.29) is 11.5 Å². The number of imide groups is 1. The highest BCUT2D eigenvalue weighted by atomic mass is 32.2. The van der Waals surface area contributed by atoms with Gasteiger partial charge in [-0.15, -0.1) is 0 Å². The Bertz CT molecular complexity index is 1740. The number of rotatable bonds is 7. The standard InChI is InChI=1S/C28H21N3O7S2/c32-19(29-17-10-5-7-14-6-1-2-8-15(14)17)13-38-18-11-4-3-9-16(18)21-22-24(39-25-23(21)40-28(37)30-25)27(36)31(26(22)35)12-20(33)34/h1-11,21-22,24H,12-13H2,(H,29,32)(H,30,37)(H,33,34)/t21-,22?,24?/m1/s1. The van der Waals surface area contributed by atoms with Gasteiger partial charge in [-0.1, -0.05) is 77.7 Å². The highest BCUT2D eigenvalue weighted by Crippen LogP contribution is 2.53. The zero-order valence-electron chi connectivity index (χ0n) is 20.7. The zero-order chi connectivity index (χ0) is 28.0. The van der Waals surface area contributed by atoms with Gasteiger partial charge in [0, 0.05) is 27.4 Å². The number of aromatic amines is 1. The Balaban J connectivity index is 1.30. The van der Waals surface area contributed by atoms with Gasteiger partial charge in [0.1, 0.15) is 17.5 Å². The van der Waals surface area contributed by atoms with Crippen LogP contribution in [-0.2, 0) is 19.2 Å². The normalized spacial score (nSPS) is 19.8. The molecule has 4 aromatic rings. The molecular weight excluding hydrogens is 554 g/mol. The Kier molecular flexibility index (Phi) is 6.64. The summed E-state index contributed by atoms with van der Waals surface area (Å²) in [4.78, 5) is 66.8. The molecule has 1 aromatic heterocycles. The molecule has 0 saturated carbocycles. The van der Waals surface area contributed by atoms with Crippen molar-refractivity contribution in [2.45, 2.75) is 16.2 Å². The number of nitrogens with one attached hydrogen (secondary N) is 2. The number of thiazole rings is 1. The lowest BCUT2D eigenvalue weighted by Gasteiger charge is -2.30. The number of hydrogen-bond acceptors (Lipinski definition) is 8. The average Bonchev–Trinajstić information content (AvgIpc) is 3.42. The maximum atomic E-state index is 13.4. The molecule has 2 aliphatic heterocycles. The summed E-state index contributed by atoms with van der Waals surface area (Å²) in [5, 5.41) is 13.6. The molecule has 0 radical (unpaired) electrons. The molecule has 3 amide bonds. The molecule has 1 fully saturated rings. The van der Waals surface area contributed by atoms with E-state index in [1.807, 2.05) is 36.4 Å². The van der Waals surface area contributed by atoms with Crippen LogP contribution in [0.3, 0.4) is 0 Å². The lowest BCUT2D eigenvalue weighted by Crippen LogP contribution is -2.36.